The Labute approximate surface area is 161 Å². The molecule has 0 bridgehead atoms. The second kappa shape index (κ2) is 8.77. The van der Waals surface area contributed by atoms with Crippen molar-refractivity contribution in [1.29, 1.82) is 5.26 Å². The van der Waals surface area contributed by atoms with Gasteiger partial charge in [0.2, 0.25) is 5.91 Å². The molecule has 0 aliphatic heterocycles. The van der Waals surface area contributed by atoms with E-state index in [0.717, 1.165) is 0 Å². The molecular formula is C20H19N3OS2. The quantitative estimate of drug-likeness (QED) is 0.623. The van der Waals surface area contributed by atoms with Gasteiger partial charge < -0.3 is 10.6 Å². The summed E-state index contributed by atoms with van der Waals surface area (Å²) in [6.45, 7) is 2.62. The Morgan fingerprint density at radius 1 is 1.15 bits per heavy atom. The number of thiophene rings is 2. The third-order valence-electron chi connectivity index (χ3n) is 3.98. The van der Waals surface area contributed by atoms with E-state index in [-0.39, 0.29) is 11.9 Å². The average molecular weight is 382 g/mol. The number of carbonyl (C=O) groups excluding carboxylic acids is 1. The van der Waals surface area contributed by atoms with Gasteiger partial charge >= 0.3 is 0 Å². The molecule has 2 heterocycles. The monoisotopic (exact) mass is 381 g/mol. The Morgan fingerprint density at radius 3 is 2.65 bits per heavy atom. The van der Waals surface area contributed by atoms with E-state index < -0.39 is 0 Å². The molecule has 0 saturated carbocycles. The van der Waals surface area contributed by atoms with Gasteiger partial charge in [-0.25, -0.2) is 0 Å². The molecule has 6 heteroatoms. The number of anilines is 1. The zero-order valence-corrected chi connectivity index (χ0v) is 16.0. The minimum Gasteiger partial charge on any atom is -0.317 e. The van der Waals surface area contributed by atoms with Crippen LogP contribution in [0.25, 0.3) is 0 Å². The molecule has 3 rings (SSSR count). The first-order valence-corrected chi connectivity index (χ1v) is 10.0. The molecule has 0 fully saturated rings. The summed E-state index contributed by atoms with van der Waals surface area (Å²) in [5.41, 5.74) is 2.92. The second-order valence-electron chi connectivity index (χ2n) is 5.89. The molecule has 0 aliphatic carbocycles. The van der Waals surface area contributed by atoms with Gasteiger partial charge in [0, 0.05) is 17.8 Å². The average Bonchev–Trinajstić information content (AvgIpc) is 3.31. The summed E-state index contributed by atoms with van der Waals surface area (Å²) in [4.78, 5) is 13.4. The Balaban J connectivity index is 1.61. The molecule has 0 unspecified atom stereocenters. The minimum atomic E-state index is -0.0923. The van der Waals surface area contributed by atoms with E-state index in [9.17, 15) is 4.79 Å². The Kier molecular flexibility index (Phi) is 6.18. The van der Waals surface area contributed by atoms with Crippen molar-refractivity contribution in [2.75, 3.05) is 11.9 Å². The maximum absolute atomic E-state index is 12.2. The smallest absolute Gasteiger partial charge is 0.226 e. The van der Waals surface area contributed by atoms with Crippen LogP contribution in [0.2, 0.25) is 0 Å². The maximum Gasteiger partial charge on any atom is 0.226 e. The predicted octanol–water partition coefficient (Wildman–Crippen LogP) is 4.70. The van der Waals surface area contributed by atoms with Crippen molar-refractivity contribution in [3.63, 3.8) is 0 Å². The van der Waals surface area contributed by atoms with Gasteiger partial charge in [-0.15, -0.1) is 22.7 Å². The van der Waals surface area contributed by atoms with Gasteiger partial charge in [0.05, 0.1) is 11.6 Å². The number of aryl methyl sites for hydroxylation is 1. The van der Waals surface area contributed by atoms with Gasteiger partial charge in [-0.1, -0.05) is 35.9 Å². The van der Waals surface area contributed by atoms with Crippen LogP contribution in [0.5, 0.6) is 0 Å². The van der Waals surface area contributed by atoms with E-state index in [0.29, 0.717) is 23.5 Å². The summed E-state index contributed by atoms with van der Waals surface area (Å²) in [5.74, 6) is -0.0923. The Morgan fingerprint density at radius 2 is 1.96 bits per heavy atom. The highest BCUT2D eigenvalue weighted by Gasteiger charge is 2.15. The molecule has 1 aromatic carbocycles. The highest BCUT2D eigenvalue weighted by molar-refractivity contribution is 7.14. The molecule has 132 valence electrons. The first kappa shape index (κ1) is 18.3. The van der Waals surface area contributed by atoms with Crippen LogP contribution in [0.3, 0.4) is 0 Å². The highest BCUT2D eigenvalue weighted by atomic mass is 32.1. The SMILES string of the molecule is Cc1ccc([C@@H](NCCC(=O)Nc2sccc2C#N)c2cccs2)cc1. The summed E-state index contributed by atoms with van der Waals surface area (Å²) < 4.78 is 0. The van der Waals surface area contributed by atoms with E-state index in [1.54, 1.807) is 22.8 Å². The van der Waals surface area contributed by atoms with E-state index in [4.69, 9.17) is 5.26 Å². The number of nitrogens with zero attached hydrogens (tertiary/aromatic N) is 1. The number of nitriles is 1. The fourth-order valence-electron chi connectivity index (χ4n) is 2.61. The van der Waals surface area contributed by atoms with Crippen molar-refractivity contribution < 1.29 is 4.79 Å². The number of hydrogen-bond acceptors (Lipinski definition) is 5. The summed E-state index contributed by atoms with van der Waals surface area (Å²) in [6, 6.07) is 16.5. The molecule has 0 saturated heterocycles. The largest absolute Gasteiger partial charge is 0.317 e. The summed E-state index contributed by atoms with van der Waals surface area (Å²) >= 11 is 3.07. The molecule has 4 nitrogen and oxygen atoms in total. The number of nitrogens with one attached hydrogen (secondary N) is 2. The first-order valence-electron chi connectivity index (χ1n) is 8.28. The third kappa shape index (κ3) is 4.58. The standard InChI is InChI=1S/C20H19N3OS2/c1-14-4-6-15(7-5-14)19(17-3-2-11-25-17)22-10-8-18(24)23-20-16(13-21)9-12-26-20/h2-7,9,11-12,19,22H,8,10H2,1H3,(H,23,24)/t19-/m1/s1. The van der Waals surface area contributed by atoms with Gasteiger partial charge in [-0.05, 0) is 35.4 Å². The fraction of sp³-hybridized carbons (Fsp3) is 0.200. The van der Waals surface area contributed by atoms with Crippen molar-refractivity contribution in [1.82, 2.24) is 5.32 Å². The molecule has 1 atom stereocenters. The maximum atomic E-state index is 12.2. The third-order valence-corrected chi connectivity index (χ3v) is 5.74. The normalized spacial score (nSPS) is 11.7. The van der Waals surface area contributed by atoms with E-state index in [1.165, 1.54) is 27.3 Å². The van der Waals surface area contributed by atoms with E-state index >= 15 is 0 Å². The summed E-state index contributed by atoms with van der Waals surface area (Å²) in [5, 5.41) is 19.8. The van der Waals surface area contributed by atoms with Crippen LogP contribution >= 0.6 is 22.7 Å². The zero-order chi connectivity index (χ0) is 18.4. The predicted molar refractivity (Wildman–Crippen MR) is 108 cm³/mol. The van der Waals surface area contributed by atoms with Crippen molar-refractivity contribution in [2.45, 2.75) is 19.4 Å². The molecule has 1 amide bonds. The van der Waals surface area contributed by atoms with Crippen LogP contribution in [0.15, 0.2) is 53.2 Å². The molecule has 2 N–H and O–H groups in total. The molecule has 0 radical (unpaired) electrons. The topological polar surface area (TPSA) is 64.9 Å². The second-order valence-corrected chi connectivity index (χ2v) is 7.78. The summed E-state index contributed by atoms with van der Waals surface area (Å²) in [7, 11) is 0. The van der Waals surface area contributed by atoms with Crippen LogP contribution in [-0.2, 0) is 4.79 Å². The van der Waals surface area contributed by atoms with E-state index in [1.807, 2.05) is 6.07 Å². The van der Waals surface area contributed by atoms with Gasteiger partial charge in [-0.2, -0.15) is 5.26 Å². The van der Waals surface area contributed by atoms with Crippen LogP contribution < -0.4 is 10.6 Å². The molecule has 0 aliphatic rings. The molecule has 0 spiro atoms. The lowest BCUT2D eigenvalue weighted by Gasteiger charge is -2.18. The fourth-order valence-corrected chi connectivity index (χ4v) is 4.19. The van der Waals surface area contributed by atoms with Gasteiger partial charge in [0.1, 0.15) is 11.1 Å². The lowest BCUT2D eigenvalue weighted by atomic mass is 10.0. The van der Waals surface area contributed by atoms with Crippen LogP contribution in [-0.4, -0.2) is 12.5 Å². The van der Waals surface area contributed by atoms with E-state index in [2.05, 4.69) is 59.3 Å². The van der Waals surface area contributed by atoms with Gasteiger partial charge in [0.25, 0.3) is 0 Å². The van der Waals surface area contributed by atoms with Crippen molar-refractivity contribution >= 4 is 33.6 Å². The minimum absolute atomic E-state index is 0.0693. The number of carbonyl (C=O) groups is 1. The van der Waals surface area contributed by atoms with Gasteiger partial charge in [0.15, 0.2) is 0 Å². The van der Waals surface area contributed by atoms with Gasteiger partial charge in [-0.3, -0.25) is 4.79 Å². The number of amides is 1. The molecular weight excluding hydrogens is 362 g/mol. The van der Waals surface area contributed by atoms with Crippen molar-refractivity contribution in [2.24, 2.45) is 0 Å². The Bertz CT molecular complexity index is 892. The number of benzene rings is 1. The molecule has 26 heavy (non-hydrogen) atoms. The number of rotatable bonds is 7. The number of hydrogen-bond donors (Lipinski definition) is 2. The summed E-state index contributed by atoms with van der Waals surface area (Å²) in [6.07, 6.45) is 0.344. The zero-order valence-electron chi connectivity index (χ0n) is 14.4. The van der Waals surface area contributed by atoms with Crippen molar-refractivity contribution in [3.05, 3.63) is 74.8 Å². The molecule has 3 aromatic rings. The highest BCUT2D eigenvalue weighted by Crippen LogP contribution is 2.26. The van der Waals surface area contributed by atoms with Crippen LogP contribution in [0.4, 0.5) is 5.00 Å². The van der Waals surface area contributed by atoms with Crippen LogP contribution in [0.1, 0.15) is 34.0 Å². The lowest BCUT2D eigenvalue weighted by Crippen LogP contribution is -2.26. The lowest BCUT2D eigenvalue weighted by molar-refractivity contribution is -0.116. The molecule has 2 aromatic heterocycles. The van der Waals surface area contributed by atoms with Crippen molar-refractivity contribution in [3.8, 4) is 6.07 Å². The van der Waals surface area contributed by atoms with Crippen LogP contribution in [0, 0.1) is 18.3 Å². The first-order chi connectivity index (χ1) is 12.7. The Hall–Kier alpha value is -2.46.